The molecule has 0 saturated heterocycles. The lowest BCUT2D eigenvalue weighted by molar-refractivity contribution is -0.123. The molecule has 4 rings (SSSR count). The van der Waals surface area contributed by atoms with E-state index in [-0.39, 0.29) is 12.5 Å². The second-order valence-electron chi connectivity index (χ2n) is 7.85. The van der Waals surface area contributed by atoms with E-state index in [0.29, 0.717) is 5.75 Å². The number of nitrogens with one attached hydrogen (secondary N) is 1. The molecular formula is C27H26N4O2. The number of aromatic nitrogens is 2. The Morgan fingerprint density at radius 2 is 1.70 bits per heavy atom. The molecule has 0 saturated carbocycles. The van der Waals surface area contributed by atoms with Crippen molar-refractivity contribution >= 4 is 11.6 Å². The van der Waals surface area contributed by atoms with Gasteiger partial charge in [-0.3, -0.25) is 4.79 Å². The summed E-state index contributed by atoms with van der Waals surface area (Å²) in [7, 11) is 0. The molecule has 1 N–H and O–H groups in total. The molecule has 0 aliphatic carbocycles. The van der Waals surface area contributed by atoms with Gasteiger partial charge in [-0.2, -0.15) is 10.2 Å². The summed E-state index contributed by atoms with van der Waals surface area (Å²) in [4.78, 5) is 12.4. The number of rotatable bonds is 7. The van der Waals surface area contributed by atoms with Crippen LogP contribution in [-0.4, -0.2) is 28.0 Å². The Labute approximate surface area is 193 Å². The van der Waals surface area contributed by atoms with Gasteiger partial charge in [0.1, 0.15) is 5.75 Å². The van der Waals surface area contributed by atoms with E-state index in [2.05, 4.69) is 15.6 Å². The predicted molar refractivity (Wildman–Crippen MR) is 131 cm³/mol. The van der Waals surface area contributed by atoms with Gasteiger partial charge in [-0.15, -0.1) is 0 Å². The van der Waals surface area contributed by atoms with Crippen molar-refractivity contribution < 1.29 is 9.53 Å². The first-order chi connectivity index (χ1) is 16.0. The van der Waals surface area contributed by atoms with Gasteiger partial charge in [-0.05, 0) is 56.7 Å². The topological polar surface area (TPSA) is 68.5 Å². The number of nitrogens with zero attached hydrogens (tertiary/aromatic N) is 3. The largest absolute Gasteiger partial charge is 0.483 e. The molecule has 0 aliphatic rings. The van der Waals surface area contributed by atoms with Crippen LogP contribution in [0.3, 0.4) is 0 Å². The van der Waals surface area contributed by atoms with Crippen molar-refractivity contribution in [3.63, 3.8) is 0 Å². The van der Waals surface area contributed by atoms with E-state index in [1.165, 1.54) is 5.56 Å². The lowest BCUT2D eigenvalue weighted by Crippen LogP contribution is -2.25. The Morgan fingerprint density at radius 1 is 0.970 bits per heavy atom. The fraction of sp³-hybridized carbons (Fsp3) is 0.148. The van der Waals surface area contributed by atoms with E-state index in [0.717, 1.165) is 33.8 Å². The van der Waals surface area contributed by atoms with Crippen LogP contribution in [0.15, 0.2) is 90.2 Å². The average molecular weight is 439 g/mol. The maximum Gasteiger partial charge on any atom is 0.277 e. The van der Waals surface area contributed by atoms with Crippen LogP contribution in [0.2, 0.25) is 0 Å². The molecule has 3 aromatic carbocycles. The van der Waals surface area contributed by atoms with Crippen molar-refractivity contribution in [2.24, 2.45) is 5.10 Å². The van der Waals surface area contributed by atoms with E-state index < -0.39 is 0 Å². The minimum absolute atomic E-state index is 0.153. The average Bonchev–Trinajstić information content (AvgIpc) is 3.32. The summed E-state index contributed by atoms with van der Waals surface area (Å²) in [6.45, 7) is 5.75. The van der Waals surface area contributed by atoms with E-state index in [1.807, 2.05) is 104 Å². The molecule has 0 fully saturated rings. The van der Waals surface area contributed by atoms with Crippen molar-refractivity contribution in [1.29, 1.82) is 0 Å². The Bertz CT molecular complexity index is 1280. The molecule has 0 unspecified atom stereocenters. The van der Waals surface area contributed by atoms with Crippen LogP contribution in [0.5, 0.6) is 5.75 Å². The van der Waals surface area contributed by atoms with E-state index in [4.69, 9.17) is 4.74 Å². The number of amides is 1. The summed E-state index contributed by atoms with van der Waals surface area (Å²) in [5, 5.41) is 8.68. The Kier molecular flexibility index (Phi) is 6.64. The molecule has 1 amide bonds. The van der Waals surface area contributed by atoms with Crippen molar-refractivity contribution in [2.45, 2.75) is 20.8 Å². The molecule has 0 atom stereocenters. The number of para-hydroxylation sites is 1. The molecular weight excluding hydrogens is 412 g/mol. The Balaban J connectivity index is 1.49. The number of hydrogen-bond donors (Lipinski definition) is 1. The number of ether oxygens (including phenoxy) is 1. The molecule has 33 heavy (non-hydrogen) atoms. The third-order valence-corrected chi connectivity index (χ3v) is 5.23. The van der Waals surface area contributed by atoms with Crippen LogP contribution in [-0.2, 0) is 4.79 Å². The van der Waals surface area contributed by atoms with Gasteiger partial charge < -0.3 is 4.74 Å². The molecule has 0 aliphatic heterocycles. The van der Waals surface area contributed by atoms with Crippen LogP contribution < -0.4 is 10.2 Å². The summed E-state index contributed by atoms with van der Waals surface area (Å²) in [5.41, 5.74) is 9.21. The highest BCUT2D eigenvalue weighted by Gasteiger charge is 2.14. The maximum atomic E-state index is 12.4. The first-order valence-electron chi connectivity index (χ1n) is 10.7. The summed E-state index contributed by atoms with van der Waals surface area (Å²) < 4.78 is 7.76. The summed E-state index contributed by atoms with van der Waals surface area (Å²) in [6.07, 6.45) is 1.75. The molecule has 6 nitrogen and oxygen atoms in total. The van der Waals surface area contributed by atoms with Gasteiger partial charge in [-0.1, -0.05) is 59.7 Å². The molecule has 1 aromatic heterocycles. The normalized spacial score (nSPS) is 11.3. The fourth-order valence-electron chi connectivity index (χ4n) is 3.43. The summed E-state index contributed by atoms with van der Waals surface area (Å²) >= 11 is 0. The van der Waals surface area contributed by atoms with Crippen LogP contribution in [0, 0.1) is 13.8 Å². The number of carbonyl (C=O) groups is 1. The first-order valence-corrected chi connectivity index (χ1v) is 10.7. The number of hydrazone groups is 1. The fourth-order valence-corrected chi connectivity index (χ4v) is 3.43. The van der Waals surface area contributed by atoms with Crippen LogP contribution in [0.4, 0.5) is 0 Å². The smallest absolute Gasteiger partial charge is 0.277 e. The van der Waals surface area contributed by atoms with Crippen molar-refractivity contribution in [1.82, 2.24) is 15.2 Å². The minimum Gasteiger partial charge on any atom is -0.483 e. The molecule has 166 valence electrons. The van der Waals surface area contributed by atoms with Crippen molar-refractivity contribution in [2.75, 3.05) is 6.61 Å². The highest BCUT2D eigenvalue weighted by molar-refractivity contribution is 5.99. The molecule has 0 radical (unpaired) electrons. The minimum atomic E-state index is -0.329. The van der Waals surface area contributed by atoms with Gasteiger partial charge >= 0.3 is 0 Å². The van der Waals surface area contributed by atoms with Gasteiger partial charge in [0.15, 0.2) is 6.61 Å². The number of carbonyl (C=O) groups excluding carboxylic acids is 1. The third kappa shape index (κ3) is 5.36. The SMILES string of the molecule is C/C(=N\NC(=O)COc1ccc(C)cc1-c1ccnn1-c1ccccc1)c1ccc(C)cc1. The van der Waals surface area contributed by atoms with Gasteiger partial charge in [0, 0.05) is 5.56 Å². The van der Waals surface area contributed by atoms with E-state index >= 15 is 0 Å². The lowest BCUT2D eigenvalue weighted by atomic mass is 10.1. The number of hydrogen-bond acceptors (Lipinski definition) is 4. The number of benzene rings is 3. The molecule has 6 heteroatoms. The molecule has 0 bridgehead atoms. The Morgan fingerprint density at radius 3 is 2.45 bits per heavy atom. The van der Waals surface area contributed by atoms with Crippen molar-refractivity contribution in [3.05, 3.63) is 102 Å². The maximum absolute atomic E-state index is 12.4. The monoisotopic (exact) mass is 438 g/mol. The molecule has 1 heterocycles. The van der Waals surface area contributed by atoms with E-state index in [9.17, 15) is 4.79 Å². The van der Waals surface area contributed by atoms with Gasteiger partial charge in [0.05, 0.1) is 23.3 Å². The summed E-state index contributed by atoms with van der Waals surface area (Å²) in [5.74, 6) is 0.275. The lowest BCUT2D eigenvalue weighted by Gasteiger charge is -2.14. The van der Waals surface area contributed by atoms with Crippen LogP contribution in [0.1, 0.15) is 23.6 Å². The zero-order chi connectivity index (χ0) is 23.2. The van der Waals surface area contributed by atoms with Crippen molar-refractivity contribution in [3.8, 4) is 22.7 Å². The second-order valence-corrected chi connectivity index (χ2v) is 7.85. The second kappa shape index (κ2) is 9.96. The zero-order valence-electron chi connectivity index (χ0n) is 18.9. The summed E-state index contributed by atoms with van der Waals surface area (Å²) in [6, 6.07) is 25.7. The van der Waals surface area contributed by atoms with E-state index in [1.54, 1.807) is 6.20 Å². The Hall–Kier alpha value is -4.19. The highest BCUT2D eigenvalue weighted by Crippen LogP contribution is 2.32. The zero-order valence-corrected chi connectivity index (χ0v) is 18.9. The van der Waals surface area contributed by atoms with Crippen LogP contribution in [0.25, 0.3) is 16.9 Å². The predicted octanol–water partition coefficient (Wildman–Crippen LogP) is 5.08. The van der Waals surface area contributed by atoms with Gasteiger partial charge in [0.25, 0.3) is 5.91 Å². The molecule has 0 spiro atoms. The standard InChI is InChI=1S/C27H26N4O2/c1-19-9-12-22(13-10-19)21(3)29-30-27(32)18-33-26-14-11-20(2)17-24(26)25-15-16-28-31(25)23-7-5-4-6-8-23/h4-17H,18H2,1-3H3,(H,30,32)/b29-21+. The highest BCUT2D eigenvalue weighted by atomic mass is 16.5. The number of aryl methyl sites for hydroxylation is 2. The van der Waals surface area contributed by atoms with Crippen LogP contribution >= 0.6 is 0 Å². The first kappa shape index (κ1) is 22.0. The van der Waals surface area contributed by atoms with Gasteiger partial charge in [0.2, 0.25) is 0 Å². The molecule has 4 aromatic rings. The third-order valence-electron chi connectivity index (χ3n) is 5.23. The quantitative estimate of drug-likeness (QED) is 0.323. The van der Waals surface area contributed by atoms with Gasteiger partial charge in [-0.25, -0.2) is 10.1 Å².